The predicted molar refractivity (Wildman–Crippen MR) is 128 cm³/mol. The molecule has 0 fully saturated rings. The number of benzene rings is 2. The Balaban J connectivity index is 2.00. The van der Waals surface area contributed by atoms with E-state index in [1.807, 2.05) is 26.8 Å². The van der Waals surface area contributed by atoms with Crippen molar-refractivity contribution in [2.24, 2.45) is 0 Å². The van der Waals surface area contributed by atoms with Gasteiger partial charge >= 0.3 is 0 Å². The summed E-state index contributed by atoms with van der Waals surface area (Å²) in [6.45, 7) is 8.23. The molecule has 1 amide bonds. The maximum atomic E-state index is 12.8. The molecule has 164 valence electrons. The molecule has 2 aromatic rings. The molecule has 0 radical (unpaired) electrons. The van der Waals surface area contributed by atoms with Gasteiger partial charge in [-0.05, 0) is 56.0 Å². The Kier molecular flexibility index (Phi) is 8.79. The van der Waals surface area contributed by atoms with E-state index in [9.17, 15) is 13.2 Å². The molecule has 0 aliphatic carbocycles. The van der Waals surface area contributed by atoms with Crippen molar-refractivity contribution >= 4 is 33.4 Å². The summed E-state index contributed by atoms with van der Waals surface area (Å²) in [6, 6.07) is 13.2. The van der Waals surface area contributed by atoms with Crippen LogP contribution < -0.4 is 9.62 Å². The number of nitrogens with zero attached hydrogens (tertiary/aromatic N) is 1. The lowest BCUT2D eigenvalue weighted by molar-refractivity contribution is -0.122. The Morgan fingerprint density at radius 3 is 2.17 bits per heavy atom. The van der Waals surface area contributed by atoms with E-state index in [-0.39, 0.29) is 5.91 Å². The number of amides is 1. The molecule has 0 spiro atoms. The molecule has 7 heteroatoms. The van der Waals surface area contributed by atoms with Crippen LogP contribution in [0.2, 0.25) is 0 Å². The summed E-state index contributed by atoms with van der Waals surface area (Å²) in [6.07, 6.45) is 1.54. The van der Waals surface area contributed by atoms with Crippen LogP contribution in [-0.2, 0) is 20.6 Å². The van der Waals surface area contributed by atoms with Crippen LogP contribution in [0.15, 0.2) is 42.5 Å². The molecule has 0 aromatic heterocycles. The average molecular weight is 449 g/mol. The molecule has 5 nitrogen and oxygen atoms in total. The van der Waals surface area contributed by atoms with Crippen molar-refractivity contribution in [2.45, 2.75) is 45.9 Å². The summed E-state index contributed by atoms with van der Waals surface area (Å²) >= 11 is 1.74. The predicted octanol–water partition coefficient (Wildman–Crippen LogP) is 4.21. The normalized spacial score (nSPS) is 12.4. The molecule has 1 N–H and O–H groups in total. The first-order valence-corrected chi connectivity index (χ1v) is 13.1. The second-order valence-electron chi connectivity index (χ2n) is 7.66. The van der Waals surface area contributed by atoms with Crippen molar-refractivity contribution in [3.8, 4) is 0 Å². The molecule has 0 aliphatic rings. The fraction of sp³-hybridized carbons (Fsp3) is 0.435. The fourth-order valence-corrected chi connectivity index (χ4v) is 5.39. The second kappa shape index (κ2) is 10.9. The Bertz CT molecular complexity index is 937. The molecule has 0 aliphatic heterocycles. The quantitative estimate of drug-likeness (QED) is 0.553. The third-order valence-electron chi connectivity index (χ3n) is 4.73. The van der Waals surface area contributed by atoms with E-state index in [2.05, 4.69) is 36.5 Å². The largest absolute Gasteiger partial charge is 0.353 e. The number of thioether (sulfide) groups is 1. The number of hydrogen-bond donors (Lipinski definition) is 1. The summed E-state index contributed by atoms with van der Waals surface area (Å²) in [7, 11) is -3.62. The lowest BCUT2D eigenvalue weighted by atomic mass is 10.1. The maximum absolute atomic E-state index is 12.8. The zero-order chi connectivity index (χ0) is 22.3. The summed E-state index contributed by atoms with van der Waals surface area (Å²) < 4.78 is 26.4. The van der Waals surface area contributed by atoms with Crippen molar-refractivity contribution in [3.05, 3.63) is 64.7 Å². The van der Waals surface area contributed by atoms with Crippen LogP contribution in [0.4, 0.5) is 5.69 Å². The van der Waals surface area contributed by atoms with Crippen molar-refractivity contribution < 1.29 is 13.2 Å². The van der Waals surface area contributed by atoms with E-state index in [4.69, 9.17) is 0 Å². The number of aryl methyl sites for hydroxylation is 3. The van der Waals surface area contributed by atoms with E-state index in [1.165, 1.54) is 15.4 Å². The highest BCUT2D eigenvalue weighted by atomic mass is 32.2. The minimum absolute atomic E-state index is 0.266. The number of nitrogens with one attached hydrogen (secondary N) is 1. The van der Waals surface area contributed by atoms with Crippen molar-refractivity contribution in [1.29, 1.82) is 0 Å². The molecular formula is C23H32N2O3S2. The smallest absolute Gasteiger partial charge is 0.243 e. The van der Waals surface area contributed by atoms with Gasteiger partial charge in [-0.2, -0.15) is 11.8 Å². The number of sulfonamides is 1. The van der Waals surface area contributed by atoms with Crippen LogP contribution in [-0.4, -0.2) is 38.9 Å². The van der Waals surface area contributed by atoms with Gasteiger partial charge in [-0.15, -0.1) is 0 Å². The summed E-state index contributed by atoms with van der Waals surface area (Å²) in [5.41, 5.74) is 4.94. The highest BCUT2D eigenvalue weighted by molar-refractivity contribution is 7.98. The Morgan fingerprint density at radius 1 is 1.03 bits per heavy atom. The first-order valence-electron chi connectivity index (χ1n) is 10.1. The maximum Gasteiger partial charge on any atom is 0.243 e. The molecule has 2 aromatic carbocycles. The van der Waals surface area contributed by atoms with Gasteiger partial charge < -0.3 is 5.32 Å². The first-order chi connectivity index (χ1) is 14.1. The molecule has 0 heterocycles. The van der Waals surface area contributed by atoms with Gasteiger partial charge in [-0.1, -0.05) is 42.8 Å². The molecule has 1 unspecified atom stereocenters. The molecular weight excluding hydrogens is 416 g/mol. The lowest BCUT2D eigenvalue weighted by Crippen LogP contribution is -2.49. The van der Waals surface area contributed by atoms with Gasteiger partial charge in [0.15, 0.2) is 0 Å². The zero-order valence-corrected chi connectivity index (χ0v) is 20.1. The summed E-state index contributed by atoms with van der Waals surface area (Å²) in [5.74, 6) is 1.38. The number of anilines is 1. The fourth-order valence-electron chi connectivity index (χ4n) is 3.38. The van der Waals surface area contributed by atoms with Gasteiger partial charge in [0.2, 0.25) is 15.9 Å². The van der Waals surface area contributed by atoms with Crippen LogP contribution in [0.1, 0.15) is 35.6 Å². The first kappa shape index (κ1) is 24.3. The number of hydrogen-bond acceptors (Lipinski definition) is 4. The molecule has 30 heavy (non-hydrogen) atoms. The molecule has 0 saturated carbocycles. The van der Waals surface area contributed by atoms with Gasteiger partial charge in [-0.3, -0.25) is 9.10 Å². The Labute approximate surface area is 185 Å². The van der Waals surface area contributed by atoms with Gasteiger partial charge in [0, 0.05) is 18.1 Å². The number of rotatable bonds is 10. The monoisotopic (exact) mass is 448 g/mol. The third-order valence-corrected chi connectivity index (χ3v) is 6.94. The summed E-state index contributed by atoms with van der Waals surface area (Å²) in [5, 5.41) is 2.91. The van der Waals surface area contributed by atoms with Crippen LogP contribution >= 0.6 is 11.8 Å². The highest BCUT2D eigenvalue weighted by Gasteiger charge is 2.31. The van der Waals surface area contributed by atoms with E-state index in [0.717, 1.165) is 28.9 Å². The zero-order valence-electron chi connectivity index (χ0n) is 18.4. The molecule has 0 saturated heterocycles. The van der Waals surface area contributed by atoms with Crippen LogP contribution in [0, 0.1) is 20.8 Å². The van der Waals surface area contributed by atoms with Gasteiger partial charge in [0.25, 0.3) is 0 Å². The van der Waals surface area contributed by atoms with Crippen molar-refractivity contribution in [2.75, 3.05) is 22.9 Å². The van der Waals surface area contributed by atoms with Crippen LogP contribution in [0.3, 0.4) is 0 Å². The number of carbonyl (C=O) groups is 1. The second-order valence-corrected chi connectivity index (χ2v) is 10.6. The van der Waals surface area contributed by atoms with Gasteiger partial charge in [0.1, 0.15) is 6.04 Å². The van der Waals surface area contributed by atoms with Crippen LogP contribution in [0.25, 0.3) is 0 Å². The number of carbonyl (C=O) groups excluding carboxylic acids is 1. The minimum atomic E-state index is -3.62. The minimum Gasteiger partial charge on any atom is -0.353 e. The molecule has 0 bridgehead atoms. The SMILES string of the molecule is CCC(C(=O)NCCSCc1ccc(C)cc1)N(c1cc(C)cc(C)c1)S(C)(=O)=O. The van der Waals surface area contributed by atoms with E-state index >= 15 is 0 Å². The lowest BCUT2D eigenvalue weighted by Gasteiger charge is -2.30. The molecule has 2 rings (SSSR count). The van der Waals surface area contributed by atoms with E-state index in [1.54, 1.807) is 23.9 Å². The third kappa shape index (κ3) is 7.06. The Morgan fingerprint density at radius 2 is 1.63 bits per heavy atom. The van der Waals surface area contributed by atoms with E-state index < -0.39 is 16.1 Å². The van der Waals surface area contributed by atoms with Crippen LogP contribution in [0.5, 0.6) is 0 Å². The van der Waals surface area contributed by atoms with Crippen molar-refractivity contribution in [1.82, 2.24) is 5.32 Å². The highest BCUT2D eigenvalue weighted by Crippen LogP contribution is 2.25. The standard InChI is InChI=1S/C23H32N2O3S2/c1-6-22(25(30(5,27)28)21-14-18(3)13-19(4)15-21)23(26)24-11-12-29-16-20-9-7-17(2)8-10-20/h7-10,13-15,22H,6,11-12,16H2,1-5H3,(H,24,26). The van der Waals surface area contributed by atoms with Gasteiger partial charge in [0.05, 0.1) is 11.9 Å². The van der Waals surface area contributed by atoms with E-state index in [0.29, 0.717) is 18.7 Å². The van der Waals surface area contributed by atoms with Gasteiger partial charge in [-0.25, -0.2) is 8.42 Å². The Hall–Kier alpha value is -1.99. The average Bonchev–Trinajstić information content (AvgIpc) is 2.65. The molecule has 1 atom stereocenters. The topological polar surface area (TPSA) is 66.5 Å². The summed E-state index contributed by atoms with van der Waals surface area (Å²) in [4.78, 5) is 12.8. The van der Waals surface area contributed by atoms with Crippen molar-refractivity contribution in [3.63, 3.8) is 0 Å².